The van der Waals surface area contributed by atoms with Gasteiger partial charge in [0, 0.05) is 23.7 Å². The van der Waals surface area contributed by atoms with Gasteiger partial charge in [-0.3, -0.25) is 4.79 Å². The Kier molecular flexibility index (Phi) is 5.66. The standard InChI is InChI=1S/C24H20FN3O2/c1-30-18-9-6-16(7-10-18)12-13-26-24(29)20-14-22(17-8-11-23(25)27-15-17)28-21-5-3-2-4-19(20)21/h2-11,14-15H,12-13H2,1H3,(H,26,29). The predicted molar refractivity (Wildman–Crippen MR) is 114 cm³/mol. The van der Waals surface area contributed by atoms with Crippen LogP contribution >= 0.6 is 0 Å². The van der Waals surface area contributed by atoms with Crippen LogP contribution in [0.5, 0.6) is 5.75 Å². The minimum absolute atomic E-state index is 0.182. The van der Waals surface area contributed by atoms with E-state index in [2.05, 4.69) is 15.3 Å². The Morgan fingerprint density at radius 1 is 1.07 bits per heavy atom. The van der Waals surface area contributed by atoms with Crippen molar-refractivity contribution >= 4 is 16.8 Å². The van der Waals surface area contributed by atoms with Crippen LogP contribution in [0.2, 0.25) is 0 Å². The second-order valence-corrected chi connectivity index (χ2v) is 6.80. The number of ether oxygens (including phenoxy) is 1. The quantitative estimate of drug-likeness (QED) is 0.486. The molecule has 0 saturated heterocycles. The fourth-order valence-corrected chi connectivity index (χ4v) is 3.25. The van der Waals surface area contributed by atoms with E-state index in [1.807, 2.05) is 48.5 Å². The molecule has 0 spiro atoms. The van der Waals surface area contributed by atoms with Crippen molar-refractivity contribution in [1.82, 2.24) is 15.3 Å². The number of hydrogen-bond donors (Lipinski definition) is 1. The summed E-state index contributed by atoms with van der Waals surface area (Å²) in [4.78, 5) is 21.2. The van der Waals surface area contributed by atoms with Gasteiger partial charge in [-0.1, -0.05) is 30.3 Å². The highest BCUT2D eigenvalue weighted by Crippen LogP contribution is 2.24. The van der Waals surface area contributed by atoms with Gasteiger partial charge in [0.15, 0.2) is 0 Å². The van der Waals surface area contributed by atoms with Crippen molar-refractivity contribution in [1.29, 1.82) is 0 Å². The number of halogens is 1. The molecule has 0 unspecified atom stereocenters. The molecule has 5 nitrogen and oxygen atoms in total. The van der Waals surface area contributed by atoms with Crippen LogP contribution in [0, 0.1) is 5.95 Å². The van der Waals surface area contributed by atoms with Crippen molar-refractivity contribution in [2.24, 2.45) is 0 Å². The molecule has 30 heavy (non-hydrogen) atoms. The Balaban J connectivity index is 1.56. The minimum atomic E-state index is -0.559. The molecule has 0 bridgehead atoms. The number of hydrogen-bond acceptors (Lipinski definition) is 4. The number of rotatable bonds is 6. The maximum absolute atomic E-state index is 13.2. The van der Waals surface area contributed by atoms with Crippen LogP contribution in [0.4, 0.5) is 4.39 Å². The van der Waals surface area contributed by atoms with E-state index in [1.54, 1.807) is 19.2 Å². The van der Waals surface area contributed by atoms with E-state index in [9.17, 15) is 9.18 Å². The van der Waals surface area contributed by atoms with E-state index in [4.69, 9.17) is 4.74 Å². The highest BCUT2D eigenvalue weighted by Gasteiger charge is 2.14. The monoisotopic (exact) mass is 401 g/mol. The van der Waals surface area contributed by atoms with Crippen LogP contribution in [0.1, 0.15) is 15.9 Å². The summed E-state index contributed by atoms with van der Waals surface area (Å²) in [5.74, 6) is 0.0586. The summed E-state index contributed by atoms with van der Waals surface area (Å²) < 4.78 is 18.3. The van der Waals surface area contributed by atoms with Crippen molar-refractivity contribution in [3.8, 4) is 17.0 Å². The van der Waals surface area contributed by atoms with Crippen molar-refractivity contribution < 1.29 is 13.9 Å². The number of fused-ring (bicyclic) bond motifs is 1. The number of para-hydroxylation sites is 1. The molecule has 0 saturated carbocycles. The molecule has 1 N–H and O–H groups in total. The lowest BCUT2D eigenvalue weighted by molar-refractivity contribution is 0.0955. The lowest BCUT2D eigenvalue weighted by Crippen LogP contribution is -2.26. The van der Waals surface area contributed by atoms with E-state index in [1.165, 1.54) is 12.3 Å². The maximum atomic E-state index is 13.2. The van der Waals surface area contributed by atoms with Gasteiger partial charge in [0.05, 0.1) is 23.9 Å². The summed E-state index contributed by atoms with van der Waals surface area (Å²) in [5, 5.41) is 3.74. The molecule has 0 aliphatic rings. The number of amides is 1. The molecule has 0 fully saturated rings. The van der Waals surface area contributed by atoms with Gasteiger partial charge in [0.25, 0.3) is 5.91 Å². The van der Waals surface area contributed by atoms with Crippen LogP contribution in [0.25, 0.3) is 22.2 Å². The fourth-order valence-electron chi connectivity index (χ4n) is 3.25. The largest absolute Gasteiger partial charge is 0.497 e. The first-order valence-corrected chi connectivity index (χ1v) is 9.57. The second kappa shape index (κ2) is 8.69. The fraction of sp³-hybridized carbons (Fsp3) is 0.125. The molecule has 2 heterocycles. The smallest absolute Gasteiger partial charge is 0.252 e. The molecular weight excluding hydrogens is 381 g/mol. The SMILES string of the molecule is COc1ccc(CCNC(=O)c2cc(-c3ccc(F)nc3)nc3ccccc23)cc1. The van der Waals surface area contributed by atoms with Crippen molar-refractivity contribution in [3.63, 3.8) is 0 Å². The number of pyridine rings is 2. The minimum Gasteiger partial charge on any atom is -0.497 e. The Labute approximate surface area is 173 Å². The average Bonchev–Trinajstić information content (AvgIpc) is 2.79. The number of nitrogens with zero attached hydrogens (tertiary/aromatic N) is 2. The van der Waals surface area contributed by atoms with Gasteiger partial charge in [-0.15, -0.1) is 0 Å². The average molecular weight is 401 g/mol. The van der Waals surface area contributed by atoms with E-state index >= 15 is 0 Å². The van der Waals surface area contributed by atoms with Gasteiger partial charge < -0.3 is 10.1 Å². The van der Waals surface area contributed by atoms with Gasteiger partial charge in [-0.05, 0) is 48.4 Å². The highest BCUT2D eigenvalue weighted by molar-refractivity contribution is 6.07. The van der Waals surface area contributed by atoms with Gasteiger partial charge in [0.1, 0.15) is 5.75 Å². The Bertz CT molecular complexity index is 1180. The van der Waals surface area contributed by atoms with Crippen molar-refractivity contribution in [2.75, 3.05) is 13.7 Å². The summed E-state index contributed by atoms with van der Waals surface area (Å²) in [6.45, 7) is 0.495. The van der Waals surface area contributed by atoms with Crippen molar-refractivity contribution in [3.05, 3.63) is 90.0 Å². The third kappa shape index (κ3) is 4.27. The second-order valence-electron chi connectivity index (χ2n) is 6.80. The van der Waals surface area contributed by atoms with Crippen LogP contribution in [0.15, 0.2) is 72.9 Å². The Morgan fingerprint density at radius 2 is 1.87 bits per heavy atom. The Hall–Kier alpha value is -3.80. The molecular formula is C24H20FN3O2. The zero-order chi connectivity index (χ0) is 20.9. The third-order valence-corrected chi connectivity index (χ3v) is 4.84. The topological polar surface area (TPSA) is 64.1 Å². The first-order chi connectivity index (χ1) is 14.6. The zero-order valence-electron chi connectivity index (χ0n) is 16.4. The normalized spacial score (nSPS) is 10.7. The number of aromatic nitrogens is 2. The first-order valence-electron chi connectivity index (χ1n) is 9.57. The predicted octanol–water partition coefficient (Wildman–Crippen LogP) is 4.42. The highest BCUT2D eigenvalue weighted by atomic mass is 19.1. The summed E-state index contributed by atoms with van der Waals surface area (Å²) in [7, 11) is 1.63. The number of benzene rings is 2. The van der Waals surface area contributed by atoms with Gasteiger partial charge >= 0.3 is 0 Å². The zero-order valence-corrected chi connectivity index (χ0v) is 16.4. The lowest BCUT2D eigenvalue weighted by Gasteiger charge is -2.11. The molecule has 2 aromatic carbocycles. The number of carbonyl (C=O) groups is 1. The summed E-state index contributed by atoms with van der Waals surface area (Å²) in [6, 6.07) is 19.8. The van der Waals surface area contributed by atoms with Crippen LogP contribution in [-0.4, -0.2) is 29.5 Å². The van der Waals surface area contributed by atoms with E-state index in [-0.39, 0.29) is 5.91 Å². The van der Waals surface area contributed by atoms with Gasteiger partial charge in [-0.25, -0.2) is 9.97 Å². The molecule has 0 aliphatic carbocycles. The van der Waals surface area contributed by atoms with E-state index in [0.717, 1.165) is 16.7 Å². The summed E-state index contributed by atoms with van der Waals surface area (Å²) in [6.07, 6.45) is 2.12. The molecule has 6 heteroatoms. The molecule has 150 valence electrons. The molecule has 0 atom stereocenters. The molecule has 4 rings (SSSR count). The maximum Gasteiger partial charge on any atom is 0.252 e. The Morgan fingerprint density at radius 3 is 2.60 bits per heavy atom. The molecule has 0 aliphatic heterocycles. The third-order valence-electron chi connectivity index (χ3n) is 4.84. The van der Waals surface area contributed by atoms with Crippen LogP contribution in [0.3, 0.4) is 0 Å². The first kappa shape index (κ1) is 19.5. The van der Waals surface area contributed by atoms with Gasteiger partial charge in [-0.2, -0.15) is 4.39 Å². The summed E-state index contributed by atoms with van der Waals surface area (Å²) in [5.41, 5.74) is 3.54. The van der Waals surface area contributed by atoms with Crippen molar-refractivity contribution in [2.45, 2.75) is 6.42 Å². The van der Waals surface area contributed by atoms with Gasteiger partial charge in [0.2, 0.25) is 5.95 Å². The molecule has 2 aromatic heterocycles. The molecule has 0 radical (unpaired) electrons. The van der Waals surface area contributed by atoms with E-state index < -0.39 is 5.95 Å². The number of carbonyl (C=O) groups excluding carboxylic acids is 1. The van der Waals surface area contributed by atoms with E-state index in [0.29, 0.717) is 35.3 Å². The number of nitrogens with one attached hydrogen (secondary N) is 1. The summed E-state index contributed by atoms with van der Waals surface area (Å²) >= 11 is 0. The molecule has 4 aromatic rings. The van der Waals surface area contributed by atoms with Crippen LogP contribution in [-0.2, 0) is 6.42 Å². The lowest BCUT2D eigenvalue weighted by atomic mass is 10.0. The molecule has 1 amide bonds. The van der Waals surface area contributed by atoms with Crippen LogP contribution < -0.4 is 10.1 Å². The number of methoxy groups -OCH3 is 1.